The van der Waals surface area contributed by atoms with Crippen LogP contribution in [-0.4, -0.2) is 59.9 Å². The lowest BCUT2D eigenvalue weighted by Gasteiger charge is -2.43. The summed E-state index contributed by atoms with van der Waals surface area (Å²) in [5.74, 6) is 4.40. The first kappa shape index (κ1) is 21.5. The Morgan fingerprint density at radius 3 is 2.39 bits per heavy atom. The average molecular weight is 451 g/mol. The molecular formula is C27H38N4O2. The molecular weight excluding hydrogens is 412 g/mol. The van der Waals surface area contributed by atoms with E-state index in [0.29, 0.717) is 0 Å². The molecule has 6 rings (SSSR count). The molecule has 3 saturated heterocycles. The first-order valence-electron chi connectivity index (χ1n) is 13.0. The number of likely N-dealkylation sites (tertiary alicyclic amines) is 1. The van der Waals surface area contributed by atoms with Gasteiger partial charge in [-0.1, -0.05) is 0 Å². The largest absolute Gasteiger partial charge is 0.493 e. The monoisotopic (exact) mass is 450 g/mol. The summed E-state index contributed by atoms with van der Waals surface area (Å²) < 4.78 is 13.3. The minimum Gasteiger partial charge on any atom is -0.493 e. The van der Waals surface area contributed by atoms with E-state index in [1.807, 2.05) is 12.1 Å². The van der Waals surface area contributed by atoms with Gasteiger partial charge >= 0.3 is 0 Å². The summed E-state index contributed by atoms with van der Waals surface area (Å²) in [6.45, 7) is 3.73. The van der Waals surface area contributed by atoms with Gasteiger partial charge in [-0.25, -0.2) is 4.98 Å². The molecule has 3 atom stereocenters. The maximum absolute atomic E-state index is 5.50. The number of fused-ring (bicyclic) bond motifs is 3. The van der Waals surface area contributed by atoms with Gasteiger partial charge in [0, 0.05) is 42.9 Å². The highest BCUT2D eigenvalue weighted by Gasteiger charge is 2.38. The fourth-order valence-electron chi connectivity index (χ4n) is 7.07. The predicted octanol–water partition coefficient (Wildman–Crippen LogP) is 4.12. The van der Waals surface area contributed by atoms with Crippen molar-refractivity contribution in [3.8, 4) is 22.8 Å². The van der Waals surface area contributed by atoms with Crippen LogP contribution in [0.25, 0.3) is 11.3 Å². The number of rotatable bonds is 5. The third-order valence-electron chi connectivity index (χ3n) is 8.91. The lowest BCUT2D eigenvalue weighted by atomic mass is 9.79. The minimum absolute atomic E-state index is 0.757. The number of ether oxygens (including phenoxy) is 2. The fourth-order valence-corrected chi connectivity index (χ4v) is 7.07. The number of piperidine rings is 2. The van der Waals surface area contributed by atoms with Gasteiger partial charge in [0.15, 0.2) is 11.5 Å². The molecule has 0 spiro atoms. The molecule has 0 amide bonds. The second-order valence-corrected chi connectivity index (χ2v) is 10.7. The molecule has 178 valence electrons. The molecule has 4 aliphatic heterocycles. The van der Waals surface area contributed by atoms with Crippen LogP contribution in [0, 0.1) is 11.8 Å². The number of hydrogen-bond donors (Lipinski definition) is 1. The Labute approximate surface area is 197 Å². The number of benzene rings is 1. The number of methoxy groups -OCH3 is 2. The highest BCUT2D eigenvalue weighted by atomic mass is 16.5. The number of hydrogen-bond acceptors (Lipinski definition) is 5. The number of aromatic nitrogens is 2. The van der Waals surface area contributed by atoms with Crippen LogP contribution in [0.3, 0.4) is 0 Å². The summed E-state index contributed by atoms with van der Waals surface area (Å²) in [6, 6.07) is 8.51. The van der Waals surface area contributed by atoms with Gasteiger partial charge in [0.05, 0.1) is 19.9 Å². The Morgan fingerprint density at radius 1 is 0.909 bits per heavy atom. The van der Waals surface area contributed by atoms with E-state index < -0.39 is 0 Å². The number of nitrogens with one attached hydrogen (secondary N) is 1. The van der Waals surface area contributed by atoms with Gasteiger partial charge in [-0.15, -0.1) is 0 Å². The quantitative estimate of drug-likeness (QED) is 0.743. The molecule has 3 fully saturated rings. The molecule has 5 heterocycles. The van der Waals surface area contributed by atoms with Gasteiger partial charge in [0.1, 0.15) is 5.82 Å². The van der Waals surface area contributed by atoms with E-state index in [4.69, 9.17) is 14.5 Å². The van der Waals surface area contributed by atoms with Crippen molar-refractivity contribution in [3.05, 3.63) is 30.2 Å². The van der Waals surface area contributed by atoms with Crippen LogP contribution in [0.5, 0.6) is 11.5 Å². The van der Waals surface area contributed by atoms with E-state index in [1.54, 1.807) is 14.2 Å². The Hall–Kier alpha value is -2.05. The smallest absolute Gasteiger partial charge is 0.161 e. The van der Waals surface area contributed by atoms with Crippen LogP contribution in [0.4, 0.5) is 0 Å². The third kappa shape index (κ3) is 4.17. The SMILES string of the molecule is COc1ccc(-c2cn3c(n2)CC[C@H](C2CCN(C4CC5CCC(C4)N5)CC2)C3)cc1OC. The molecule has 4 aliphatic rings. The Bertz CT molecular complexity index is 968. The topological polar surface area (TPSA) is 51.5 Å². The normalized spacial score (nSPS) is 30.2. The molecule has 1 aromatic carbocycles. The summed E-state index contributed by atoms with van der Waals surface area (Å²) in [5, 5.41) is 3.81. The number of imidazole rings is 1. The molecule has 1 aromatic heterocycles. The molecule has 6 nitrogen and oxygen atoms in total. The molecule has 1 N–H and O–H groups in total. The van der Waals surface area contributed by atoms with Gasteiger partial charge < -0.3 is 24.3 Å². The van der Waals surface area contributed by atoms with Crippen LogP contribution in [0.15, 0.2) is 24.4 Å². The van der Waals surface area contributed by atoms with Crippen molar-refractivity contribution in [2.24, 2.45) is 11.8 Å². The summed E-state index contributed by atoms with van der Waals surface area (Å²) in [7, 11) is 3.36. The second kappa shape index (κ2) is 8.95. The summed E-state index contributed by atoms with van der Waals surface area (Å²) in [4.78, 5) is 7.81. The zero-order valence-electron chi connectivity index (χ0n) is 20.1. The van der Waals surface area contributed by atoms with Gasteiger partial charge in [0.25, 0.3) is 0 Å². The Kier molecular flexibility index (Phi) is 5.83. The van der Waals surface area contributed by atoms with E-state index in [-0.39, 0.29) is 0 Å². The molecule has 33 heavy (non-hydrogen) atoms. The molecule has 0 aliphatic carbocycles. The van der Waals surface area contributed by atoms with E-state index in [2.05, 4.69) is 27.0 Å². The fraction of sp³-hybridized carbons (Fsp3) is 0.667. The van der Waals surface area contributed by atoms with Crippen LogP contribution in [-0.2, 0) is 13.0 Å². The van der Waals surface area contributed by atoms with Gasteiger partial charge in [-0.05, 0) is 88.1 Å². The van der Waals surface area contributed by atoms with Crippen LogP contribution >= 0.6 is 0 Å². The zero-order valence-corrected chi connectivity index (χ0v) is 20.1. The maximum Gasteiger partial charge on any atom is 0.161 e. The Morgan fingerprint density at radius 2 is 1.67 bits per heavy atom. The maximum atomic E-state index is 5.50. The van der Waals surface area contributed by atoms with E-state index in [9.17, 15) is 0 Å². The van der Waals surface area contributed by atoms with Gasteiger partial charge in [-0.2, -0.15) is 0 Å². The second-order valence-electron chi connectivity index (χ2n) is 10.7. The van der Waals surface area contributed by atoms with Crippen molar-refractivity contribution < 1.29 is 9.47 Å². The molecule has 2 aromatic rings. The lowest BCUT2D eigenvalue weighted by Crippen LogP contribution is -2.51. The van der Waals surface area contributed by atoms with Crippen molar-refractivity contribution in [1.82, 2.24) is 19.8 Å². The van der Waals surface area contributed by atoms with Crippen molar-refractivity contribution in [2.45, 2.75) is 76.0 Å². The lowest BCUT2D eigenvalue weighted by molar-refractivity contribution is 0.0725. The minimum atomic E-state index is 0.757. The average Bonchev–Trinajstić information content (AvgIpc) is 3.45. The molecule has 0 radical (unpaired) electrons. The molecule has 2 bridgehead atoms. The Balaban J connectivity index is 1.09. The highest BCUT2D eigenvalue weighted by molar-refractivity contribution is 5.63. The number of nitrogens with zero attached hydrogens (tertiary/aromatic N) is 3. The molecule has 0 saturated carbocycles. The summed E-state index contributed by atoms with van der Waals surface area (Å²) in [5.41, 5.74) is 2.14. The van der Waals surface area contributed by atoms with Gasteiger partial charge in [-0.3, -0.25) is 0 Å². The predicted molar refractivity (Wildman–Crippen MR) is 130 cm³/mol. The van der Waals surface area contributed by atoms with Crippen molar-refractivity contribution >= 4 is 0 Å². The van der Waals surface area contributed by atoms with E-state index in [0.717, 1.165) is 65.7 Å². The first-order chi connectivity index (χ1) is 16.2. The van der Waals surface area contributed by atoms with Crippen molar-refractivity contribution in [3.63, 3.8) is 0 Å². The van der Waals surface area contributed by atoms with E-state index in [1.165, 1.54) is 63.9 Å². The molecule has 2 unspecified atom stereocenters. The van der Waals surface area contributed by atoms with E-state index >= 15 is 0 Å². The van der Waals surface area contributed by atoms with Crippen molar-refractivity contribution in [1.29, 1.82) is 0 Å². The molecule has 6 heteroatoms. The van der Waals surface area contributed by atoms with Crippen LogP contribution in [0.1, 0.15) is 50.8 Å². The van der Waals surface area contributed by atoms with Crippen LogP contribution < -0.4 is 14.8 Å². The summed E-state index contributed by atoms with van der Waals surface area (Å²) >= 11 is 0. The number of aryl methyl sites for hydroxylation is 1. The van der Waals surface area contributed by atoms with Crippen molar-refractivity contribution in [2.75, 3.05) is 27.3 Å². The van der Waals surface area contributed by atoms with Crippen LogP contribution in [0.2, 0.25) is 0 Å². The van der Waals surface area contributed by atoms with Gasteiger partial charge in [0.2, 0.25) is 0 Å². The summed E-state index contributed by atoms with van der Waals surface area (Å²) in [6.07, 6.45) is 12.9. The first-order valence-corrected chi connectivity index (χ1v) is 13.0. The highest BCUT2D eigenvalue weighted by Crippen LogP contribution is 2.37. The standard InChI is InChI=1S/C27H38N4O2/c1-32-25-7-3-19(13-26(25)33-2)24-17-31-16-20(4-8-27(31)29-24)18-9-11-30(12-10-18)23-14-21-5-6-22(15-23)28-21/h3,7,13,17-18,20-23,28H,4-6,8-12,14-16H2,1-2H3/t20-,21?,22?,23?/m0/s1. The zero-order chi connectivity index (χ0) is 22.4. The third-order valence-corrected chi connectivity index (χ3v) is 8.91.